The highest BCUT2D eigenvalue weighted by Gasteiger charge is 2.04. The van der Waals surface area contributed by atoms with Gasteiger partial charge in [0, 0.05) is 16.8 Å². The molecule has 0 saturated carbocycles. The quantitative estimate of drug-likeness (QED) is 0.254. The molecular formula is C22H21N5O2. The fourth-order valence-electron chi connectivity index (χ4n) is 2.47. The van der Waals surface area contributed by atoms with E-state index in [2.05, 4.69) is 20.8 Å². The first-order valence-electron chi connectivity index (χ1n) is 8.93. The van der Waals surface area contributed by atoms with E-state index in [1.54, 1.807) is 36.4 Å². The molecule has 0 aromatic heterocycles. The second-order valence-corrected chi connectivity index (χ2v) is 6.53. The molecule has 7 heteroatoms. The van der Waals surface area contributed by atoms with Crippen molar-refractivity contribution in [3.8, 4) is 5.75 Å². The summed E-state index contributed by atoms with van der Waals surface area (Å²) >= 11 is 0. The van der Waals surface area contributed by atoms with E-state index < -0.39 is 0 Å². The molecule has 29 heavy (non-hydrogen) atoms. The number of nitrogen functional groups attached to an aromatic ring is 1. The van der Waals surface area contributed by atoms with E-state index in [4.69, 9.17) is 5.73 Å². The monoisotopic (exact) mass is 387 g/mol. The standard InChI is InChI=1S/C22H21N5O2/c1-14-3-8-19(11-15(14)2)25-26-20-9-10-21(28)17(12-20)13-24-27-22(29)16-4-6-18(23)7-5-16/h3-13,28H,23H2,1-2H3,(H,27,29)/b24-13+,26-25+. The number of carbonyl (C=O) groups is 1. The van der Waals surface area contributed by atoms with Gasteiger partial charge >= 0.3 is 0 Å². The molecule has 0 unspecified atom stereocenters. The third-order valence-electron chi connectivity index (χ3n) is 4.33. The van der Waals surface area contributed by atoms with Crippen LogP contribution in [0, 0.1) is 13.8 Å². The van der Waals surface area contributed by atoms with Gasteiger partial charge in [0.05, 0.1) is 17.6 Å². The molecular weight excluding hydrogens is 366 g/mol. The first-order chi connectivity index (χ1) is 13.9. The zero-order valence-electron chi connectivity index (χ0n) is 16.1. The van der Waals surface area contributed by atoms with Crippen molar-refractivity contribution in [3.05, 3.63) is 82.9 Å². The number of aryl methyl sites for hydroxylation is 2. The van der Waals surface area contributed by atoms with Crippen molar-refractivity contribution in [1.82, 2.24) is 5.43 Å². The third-order valence-corrected chi connectivity index (χ3v) is 4.33. The summed E-state index contributed by atoms with van der Waals surface area (Å²) in [5, 5.41) is 22.3. The maximum Gasteiger partial charge on any atom is 0.271 e. The number of nitrogens with one attached hydrogen (secondary N) is 1. The summed E-state index contributed by atoms with van der Waals surface area (Å²) in [6.07, 6.45) is 1.35. The molecule has 0 fully saturated rings. The van der Waals surface area contributed by atoms with Gasteiger partial charge in [-0.3, -0.25) is 4.79 Å². The molecule has 4 N–H and O–H groups in total. The molecule has 0 atom stereocenters. The molecule has 3 rings (SSSR count). The number of hydrogen-bond acceptors (Lipinski definition) is 6. The van der Waals surface area contributed by atoms with E-state index in [1.165, 1.54) is 17.8 Å². The Hall–Kier alpha value is -4.00. The number of anilines is 1. The summed E-state index contributed by atoms with van der Waals surface area (Å²) in [5.74, 6) is -0.369. The molecule has 7 nitrogen and oxygen atoms in total. The van der Waals surface area contributed by atoms with E-state index in [0.717, 1.165) is 11.3 Å². The molecule has 0 aliphatic rings. The molecule has 0 radical (unpaired) electrons. The van der Waals surface area contributed by atoms with Crippen LogP contribution in [0.5, 0.6) is 5.75 Å². The summed E-state index contributed by atoms with van der Waals surface area (Å²) in [7, 11) is 0. The lowest BCUT2D eigenvalue weighted by molar-refractivity contribution is 0.0955. The maximum absolute atomic E-state index is 12.0. The second-order valence-electron chi connectivity index (χ2n) is 6.53. The van der Waals surface area contributed by atoms with Crippen molar-refractivity contribution in [2.75, 3.05) is 5.73 Å². The van der Waals surface area contributed by atoms with Crippen molar-refractivity contribution in [2.24, 2.45) is 15.3 Å². The Balaban J connectivity index is 1.70. The van der Waals surface area contributed by atoms with E-state index in [-0.39, 0.29) is 11.7 Å². The third kappa shape index (κ3) is 5.26. The van der Waals surface area contributed by atoms with E-state index in [1.807, 2.05) is 32.0 Å². The zero-order chi connectivity index (χ0) is 20.8. The summed E-state index contributed by atoms with van der Waals surface area (Å²) in [6.45, 7) is 4.05. The van der Waals surface area contributed by atoms with Gasteiger partial charge in [-0.05, 0) is 79.6 Å². The number of nitrogens with two attached hydrogens (primary N) is 1. The maximum atomic E-state index is 12.0. The van der Waals surface area contributed by atoms with Gasteiger partial charge in [0.2, 0.25) is 0 Å². The van der Waals surface area contributed by atoms with Crippen molar-refractivity contribution in [2.45, 2.75) is 13.8 Å². The predicted molar refractivity (Wildman–Crippen MR) is 114 cm³/mol. The Labute approximate surface area is 168 Å². The van der Waals surface area contributed by atoms with Crippen LogP contribution < -0.4 is 11.2 Å². The van der Waals surface area contributed by atoms with Crippen LogP contribution >= 0.6 is 0 Å². The Morgan fingerprint density at radius 3 is 2.28 bits per heavy atom. The smallest absolute Gasteiger partial charge is 0.271 e. The van der Waals surface area contributed by atoms with Gasteiger partial charge in [-0.25, -0.2) is 5.43 Å². The minimum Gasteiger partial charge on any atom is -0.507 e. The van der Waals surface area contributed by atoms with Gasteiger partial charge in [0.15, 0.2) is 0 Å². The van der Waals surface area contributed by atoms with Gasteiger partial charge in [-0.15, -0.1) is 0 Å². The fourth-order valence-corrected chi connectivity index (χ4v) is 2.47. The minimum absolute atomic E-state index is 0.0145. The van der Waals surface area contributed by atoms with E-state index >= 15 is 0 Å². The van der Waals surface area contributed by atoms with E-state index in [0.29, 0.717) is 22.5 Å². The van der Waals surface area contributed by atoms with Crippen molar-refractivity contribution in [3.63, 3.8) is 0 Å². The normalized spacial score (nSPS) is 11.2. The highest BCUT2D eigenvalue weighted by Crippen LogP contribution is 2.25. The number of amides is 1. The van der Waals surface area contributed by atoms with Crippen molar-refractivity contribution >= 4 is 29.2 Å². The number of nitrogens with zero attached hydrogens (tertiary/aromatic N) is 3. The first-order valence-corrected chi connectivity index (χ1v) is 8.93. The fraction of sp³-hybridized carbons (Fsp3) is 0.0909. The molecule has 3 aromatic carbocycles. The number of hydrogen-bond donors (Lipinski definition) is 3. The van der Waals surface area contributed by atoms with Crippen LogP contribution in [0.3, 0.4) is 0 Å². The van der Waals surface area contributed by atoms with E-state index in [9.17, 15) is 9.90 Å². The number of benzene rings is 3. The molecule has 3 aromatic rings. The average molecular weight is 387 g/mol. The SMILES string of the molecule is Cc1ccc(/N=N/c2ccc(O)c(/C=N/NC(=O)c3ccc(N)cc3)c2)cc1C. The van der Waals surface area contributed by atoms with Crippen LogP contribution in [-0.4, -0.2) is 17.2 Å². The number of carbonyl (C=O) groups excluding carboxylic acids is 1. The summed E-state index contributed by atoms with van der Waals surface area (Å²) in [6, 6.07) is 17.1. The molecule has 0 aliphatic heterocycles. The number of rotatable bonds is 5. The number of aromatic hydroxyl groups is 1. The lowest BCUT2D eigenvalue weighted by atomic mass is 10.1. The molecule has 0 bridgehead atoms. The van der Waals surface area contributed by atoms with Crippen LogP contribution in [0.25, 0.3) is 0 Å². The number of phenols is 1. The lowest BCUT2D eigenvalue weighted by Gasteiger charge is -2.02. The van der Waals surface area contributed by atoms with Crippen LogP contribution in [-0.2, 0) is 0 Å². The lowest BCUT2D eigenvalue weighted by Crippen LogP contribution is -2.17. The van der Waals surface area contributed by atoms with Gasteiger partial charge in [-0.2, -0.15) is 15.3 Å². The predicted octanol–water partition coefficient (Wildman–Crippen LogP) is 4.77. The molecule has 1 amide bonds. The molecule has 0 heterocycles. The topological polar surface area (TPSA) is 112 Å². The highest BCUT2D eigenvalue weighted by atomic mass is 16.3. The number of hydrazone groups is 1. The Morgan fingerprint density at radius 1 is 0.931 bits per heavy atom. The molecule has 0 saturated heterocycles. The summed E-state index contributed by atoms with van der Waals surface area (Å²) < 4.78 is 0. The molecule has 0 spiro atoms. The van der Waals surface area contributed by atoms with Crippen LogP contribution in [0.15, 0.2) is 76.0 Å². The second kappa shape index (κ2) is 8.79. The highest BCUT2D eigenvalue weighted by molar-refractivity contribution is 5.95. The Bertz CT molecular complexity index is 1090. The van der Waals surface area contributed by atoms with Crippen LogP contribution in [0.1, 0.15) is 27.0 Å². The summed E-state index contributed by atoms with van der Waals surface area (Å²) in [4.78, 5) is 12.0. The van der Waals surface area contributed by atoms with Crippen LogP contribution in [0.2, 0.25) is 0 Å². The van der Waals surface area contributed by atoms with Gasteiger partial charge < -0.3 is 10.8 Å². The van der Waals surface area contributed by atoms with Crippen molar-refractivity contribution < 1.29 is 9.90 Å². The number of phenolic OH excluding ortho intramolecular Hbond substituents is 1. The zero-order valence-corrected chi connectivity index (χ0v) is 16.1. The minimum atomic E-state index is -0.383. The first kappa shape index (κ1) is 19.8. The Morgan fingerprint density at radius 2 is 1.59 bits per heavy atom. The largest absolute Gasteiger partial charge is 0.507 e. The number of azo groups is 1. The van der Waals surface area contributed by atoms with Crippen LogP contribution in [0.4, 0.5) is 17.1 Å². The van der Waals surface area contributed by atoms with Crippen molar-refractivity contribution in [1.29, 1.82) is 0 Å². The molecule has 146 valence electrons. The van der Waals surface area contributed by atoms with Gasteiger partial charge in [-0.1, -0.05) is 6.07 Å². The summed E-state index contributed by atoms with van der Waals surface area (Å²) in [5.41, 5.74) is 13.0. The molecule has 0 aliphatic carbocycles. The van der Waals surface area contributed by atoms with Gasteiger partial charge in [0.1, 0.15) is 5.75 Å². The van der Waals surface area contributed by atoms with Gasteiger partial charge in [0.25, 0.3) is 5.91 Å². The average Bonchev–Trinajstić information content (AvgIpc) is 2.71. The Kier molecular flexibility index (Phi) is 5.99.